The minimum atomic E-state index is -0.432. The molecule has 8 rings (SSSR count). The summed E-state index contributed by atoms with van der Waals surface area (Å²) in [6, 6.07) is 41.5. The van der Waals surface area contributed by atoms with Gasteiger partial charge in [-0.1, -0.05) is 115 Å². The molecule has 234 valence electrons. The number of nitrogens with zero attached hydrogens (tertiary/aromatic N) is 2. The van der Waals surface area contributed by atoms with E-state index in [0.717, 1.165) is 21.5 Å². The lowest BCUT2D eigenvalue weighted by molar-refractivity contribution is -0.114. The Morgan fingerprint density at radius 1 is 0.551 bits per heavy atom. The number of hydrogen-bond donors (Lipinski definition) is 1. The van der Waals surface area contributed by atoms with Crippen molar-refractivity contribution in [2.45, 2.75) is 0 Å². The molecule has 0 atom stereocenters. The van der Waals surface area contributed by atoms with E-state index in [-0.39, 0.29) is 28.2 Å². The molecule has 49 heavy (non-hydrogen) atoms. The van der Waals surface area contributed by atoms with Crippen LogP contribution in [0, 0.1) is 0 Å². The van der Waals surface area contributed by atoms with Crippen LogP contribution >= 0.6 is 0 Å². The van der Waals surface area contributed by atoms with Crippen LogP contribution in [0.15, 0.2) is 168 Å². The highest BCUT2D eigenvalue weighted by molar-refractivity contribution is 6.38. The third-order valence-electron chi connectivity index (χ3n) is 8.89. The molecule has 0 fully saturated rings. The molecular formula is C43H28N2O4. The quantitative estimate of drug-likeness (QED) is 0.0885. The Kier molecular flexibility index (Phi) is 7.31. The predicted octanol–water partition coefficient (Wildman–Crippen LogP) is 9.06. The van der Waals surface area contributed by atoms with Crippen LogP contribution in [-0.2, 0) is 4.79 Å². The Labute approximate surface area is 281 Å². The number of rotatable bonds is 5. The standard InChI is InChI=1S/C43H28N2O4/c46-40-34-26-24-28-14-10-12-20-32(28)38(34)44(30-16-4-1-5-17-30)42(48)36(40)22-8-3-9-23-37-41(47)35-27-25-29-15-11-13-21-33(29)39(35)45(43(37)49)31-18-6-2-7-19-31/h1-27,46H/b9-3?,22-8?,37-23-. The van der Waals surface area contributed by atoms with Gasteiger partial charge in [-0.3, -0.25) is 23.9 Å². The second kappa shape index (κ2) is 12.1. The number of carbonyl (C=O) groups excluding carboxylic acids is 2. The van der Waals surface area contributed by atoms with Gasteiger partial charge in [0.25, 0.3) is 11.5 Å². The fourth-order valence-corrected chi connectivity index (χ4v) is 6.61. The molecule has 0 saturated heterocycles. The second-order valence-electron chi connectivity index (χ2n) is 11.7. The third-order valence-corrected chi connectivity index (χ3v) is 8.89. The summed E-state index contributed by atoms with van der Waals surface area (Å²) >= 11 is 0. The Hall–Kier alpha value is -6.79. The van der Waals surface area contributed by atoms with Crippen molar-refractivity contribution >= 4 is 61.6 Å². The first-order chi connectivity index (χ1) is 24.0. The molecule has 0 unspecified atom stereocenters. The number of allylic oxidation sites excluding steroid dienone is 4. The van der Waals surface area contributed by atoms with Crippen LogP contribution < -0.4 is 10.5 Å². The van der Waals surface area contributed by atoms with Gasteiger partial charge in [-0.25, -0.2) is 0 Å². The molecule has 1 N–H and O–H groups in total. The number of Topliss-reactive ketones (excluding diaryl/α,β-unsaturated/α-hetero) is 1. The molecule has 0 radical (unpaired) electrons. The summed E-state index contributed by atoms with van der Waals surface area (Å²) in [5, 5.41) is 15.5. The number of ketones is 1. The summed E-state index contributed by atoms with van der Waals surface area (Å²) < 4.78 is 1.63. The summed E-state index contributed by atoms with van der Waals surface area (Å²) in [4.78, 5) is 43.4. The average Bonchev–Trinajstić information content (AvgIpc) is 3.14. The molecule has 1 aliphatic rings. The van der Waals surface area contributed by atoms with Crippen molar-refractivity contribution in [3.63, 3.8) is 0 Å². The Bertz CT molecular complexity index is 2620. The third kappa shape index (κ3) is 4.94. The molecule has 6 nitrogen and oxygen atoms in total. The van der Waals surface area contributed by atoms with Crippen LogP contribution in [0.4, 0.5) is 11.4 Å². The lowest BCUT2D eigenvalue weighted by Gasteiger charge is -2.31. The number of hydrogen-bond acceptors (Lipinski definition) is 4. The van der Waals surface area contributed by atoms with Crippen molar-refractivity contribution in [1.82, 2.24) is 4.57 Å². The molecule has 0 aliphatic carbocycles. The molecule has 0 spiro atoms. The number of benzene rings is 6. The van der Waals surface area contributed by atoms with Gasteiger partial charge < -0.3 is 5.11 Å². The van der Waals surface area contributed by atoms with Crippen molar-refractivity contribution in [2.75, 3.05) is 4.90 Å². The maximum Gasteiger partial charge on any atom is 0.266 e. The zero-order valence-electron chi connectivity index (χ0n) is 26.2. The predicted molar refractivity (Wildman–Crippen MR) is 197 cm³/mol. The summed E-state index contributed by atoms with van der Waals surface area (Å²) in [5.74, 6) is -0.920. The number of pyridine rings is 1. The first-order valence-electron chi connectivity index (χ1n) is 15.9. The van der Waals surface area contributed by atoms with Crippen LogP contribution in [0.2, 0.25) is 0 Å². The normalized spacial score (nSPS) is 14.2. The Morgan fingerprint density at radius 2 is 1.16 bits per heavy atom. The van der Waals surface area contributed by atoms with Gasteiger partial charge in [-0.15, -0.1) is 0 Å². The molecule has 0 bridgehead atoms. The van der Waals surface area contributed by atoms with Crippen molar-refractivity contribution < 1.29 is 14.7 Å². The lowest BCUT2D eigenvalue weighted by Crippen LogP contribution is -2.36. The second-order valence-corrected chi connectivity index (χ2v) is 11.7. The summed E-state index contributed by atoms with van der Waals surface area (Å²) in [6.07, 6.45) is 7.88. The van der Waals surface area contributed by atoms with Crippen molar-refractivity contribution in [3.05, 3.63) is 185 Å². The van der Waals surface area contributed by atoms with Crippen LogP contribution in [0.3, 0.4) is 0 Å². The van der Waals surface area contributed by atoms with Crippen molar-refractivity contribution in [2.24, 2.45) is 0 Å². The van der Waals surface area contributed by atoms with Gasteiger partial charge in [0.05, 0.1) is 22.3 Å². The fraction of sp³-hybridized carbons (Fsp3) is 0. The number of anilines is 2. The van der Waals surface area contributed by atoms with Gasteiger partial charge in [0.2, 0.25) is 5.78 Å². The molecular weight excluding hydrogens is 608 g/mol. The van der Waals surface area contributed by atoms with E-state index in [1.807, 2.05) is 127 Å². The van der Waals surface area contributed by atoms with Crippen LogP contribution in [0.5, 0.6) is 5.75 Å². The summed E-state index contributed by atoms with van der Waals surface area (Å²) in [7, 11) is 0. The van der Waals surface area contributed by atoms with Crippen molar-refractivity contribution in [3.8, 4) is 11.4 Å². The van der Waals surface area contributed by atoms with Crippen LogP contribution in [0.25, 0.3) is 44.2 Å². The lowest BCUT2D eigenvalue weighted by atomic mass is 9.91. The Balaban J connectivity index is 1.20. The maximum absolute atomic E-state index is 14.0. The molecule has 1 aromatic heterocycles. The molecule has 7 aromatic rings. The number of fused-ring (bicyclic) bond motifs is 6. The number of carbonyl (C=O) groups is 2. The minimum absolute atomic E-state index is 0.0168. The van der Waals surface area contributed by atoms with E-state index in [0.29, 0.717) is 33.5 Å². The van der Waals surface area contributed by atoms with E-state index in [1.165, 1.54) is 6.08 Å². The maximum atomic E-state index is 14.0. The van der Waals surface area contributed by atoms with Gasteiger partial charge in [0.15, 0.2) is 0 Å². The molecule has 0 saturated carbocycles. The minimum Gasteiger partial charge on any atom is -0.506 e. The number of amides is 1. The number of para-hydroxylation sites is 2. The molecule has 1 amide bonds. The number of aromatic nitrogens is 1. The number of aromatic hydroxyl groups is 1. The summed E-state index contributed by atoms with van der Waals surface area (Å²) in [5.41, 5.74) is 2.70. The Morgan fingerprint density at radius 3 is 1.90 bits per heavy atom. The average molecular weight is 637 g/mol. The van der Waals surface area contributed by atoms with Gasteiger partial charge in [0.1, 0.15) is 5.75 Å². The first-order valence-corrected chi connectivity index (χ1v) is 15.9. The van der Waals surface area contributed by atoms with Crippen molar-refractivity contribution in [1.29, 1.82) is 0 Å². The van der Waals surface area contributed by atoms with E-state index in [1.54, 1.807) is 39.8 Å². The van der Waals surface area contributed by atoms with E-state index in [9.17, 15) is 19.5 Å². The summed E-state index contributed by atoms with van der Waals surface area (Å²) in [6.45, 7) is 0. The molecule has 1 aliphatic heterocycles. The first kappa shape index (κ1) is 29.6. The zero-order valence-corrected chi connectivity index (χ0v) is 26.2. The molecule has 6 heteroatoms. The van der Waals surface area contributed by atoms with Gasteiger partial charge in [-0.2, -0.15) is 0 Å². The van der Waals surface area contributed by atoms with E-state index < -0.39 is 5.91 Å². The highest BCUT2D eigenvalue weighted by Crippen LogP contribution is 2.41. The van der Waals surface area contributed by atoms with Gasteiger partial charge in [-0.05, 0) is 59.3 Å². The highest BCUT2D eigenvalue weighted by Gasteiger charge is 2.36. The SMILES string of the molecule is O=C1/C(=C/C=CC=Cc2c(O)c3ccc4ccccc4c3n(-c3ccccc3)c2=O)C(=O)N(c2ccccc2)c2c1ccc1ccccc21. The molecule has 6 aromatic carbocycles. The van der Waals surface area contributed by atoms with Gasteiger partial charge >= 0.3 is 0 Å². The van der Waals surface area contributed by atoms with E-state index >= 15 is 0 Å². The fourth-order valence-electron chi connectivity index (χ4n) is 6.61. The molecule has 2 heterocycles. The zero-order chi connectivity index (χ0) is 33.5. The van der Waals surface area contributed by atoms with Gasteiger partial charge in [0, 0.05) is 33.1 Å². The topological polar surface area (TPSA) is 79.6 Å². The van der Waals surface area contributed by atoms with Crippen LogP contribution in [0.1, 0.15) is 15.9 Å². The smallest absolute Gasteiger partial charge is 0.266 e. The highest BCUT2D eigenvalue weighted by atomic mass is 16.3. The van der Waals surface area contributed by atoms with E-state index in [2.05, 4.69) is 0 Å². The monoisotopic (exact) mass is 636 g/mol. The van der Waals surface area contributed by atoms with E-state index in [4.69, 9.17) is 0 Å². The van der Waals surface area contributed by atoms with Crippen LogP contribution in [-0.4, -0.2) is 21.4 Å². The largest absolute Gasteiger partial charge is 0.506 e.